The van der Waals surface area contributed by atoms with Gasteiger partial charge in [-0.3, -0.25) is 15.1 Å². The molecule has 0 unspecified atom stereocenters. The number of nitrogens with one attached hydrogen (secondary N) is 1. The number of nitrogens with zero attached hydrogens (tertiary/aromatic N) is 1. The van der Waals surface area contributed by atoms with Gasteiger partial charge in [-0.2, -0.15) is 0 Å². The average Bonchev–Trinajstić information content (AvgIpc) is 2.81. The summed E-state index contributed by atoms with van der Waals surface area (Å²) in [6.07, 6.45) is 2.17. The Morgan fingerprint density at radius 2 is 2.41 bits per heavy atom. The summed E-state index contributed by atoms with van der Waals surface area (Å²) < 4.78 is 5.28. The van der Waals surface area contributed by atoms with E-state index in [-0.39, 0.29) is 12.5 Å². The Balaban J connectivity index is 2.66. The molecule has 0 spiro atoms. The summed E-state index contributed by atoms with van der Waals surface area (Å²) in [5.74, 6) is 5.32. The van der Waals surface area contributed by atoms with Crippen LogP contribution in [-0.2, 0) is 6.54 Å². The molecular formula is C11H19N3O3. The first kappa shape index (κ1) is 13.7. The van der Waals surface area contributed by atoms with Gasteiger partial charge in [0, 0.05) is 13.2 Å². The Morgan fingerprint density at radius 3 is 3.00 bits per heavy atom. The lowest BCUT2D eigenvalue weighted by atomic mass is 10.2. The second-order valence-corrected chi connectivity index (χ2v) is 3.68. The van der Waals surface area contributed by atoms with E-state index < -0.39 is 0 Å². The summed E-state index contributed by atoms with van der Waals surface area (Å²) >= 11 is 0. The number of hydrazine groups is 1. The van der Waals surface area contributed by atoms with Crippen molar-refractivity contribution >= 4 is 5.91 Å². The maximum absolute atomic E-state index is 11.4. The van der Waals surface area contributed by atoms with Gasteiger partial charge in [0.1, 0.15) is 5.76 Å². The van der Waals surface area contributed by atoms with Crippen LogP contribution in [0.15, 0.2) is 16.7 Å². The highest BCUT2D eigenvalue weighted by atomic mass is 16.3. The number of aliphatic hydroxyl groups is 1. The highest BCUT2D eigenvalue weighted by molar-refractivity contribution is 5.94. The van der Waals surface area contributed by atoms with Crippen LogP contribution in [0.1, 0.15) is 29.5 Å². The highest BCUT2D eigenvalue weighted by Crippen LogP contribution is 2.13. The third-order valence-corrected chi connectivity index (χ3v) is 2.57. The van der Waals surface area contributed by atoms with Crippen LogP contribution in [0.25, 0.3) is 0 Å². The third kappa shape index (κ3) is 3.85. The molecule has 6 nitrogen and oxygen atoms in total. The topological polar surface area (TPSA) is 91.7 Å². The zero-order valence-corrected chi connectivity index (χ0v) is 9.98. The van der Waals surface area contributed by atoms with Crippen LogP contribution < -0.4 is 11.3 Å². The second kappa shape index (κ2) is 7.05. The van der Waals surface area contributed by atoms with Gasteiger partial charge >= 0.3 is 0 Å². The molecule has 0 aliphatic rings. The molecule has 4 N–H and O–H groups in total. The van der Waals surface area contributed by atoms with Crippen molar-refractivity contribution in [3.8, 4) is 0 Å². The standard InChI is InChI=1S/C11H19N3O3/c1-2-14(5-3-6-15)8-10-9(4-7-17-10)11(16)13-12/h4,7,15H,2-3,5-6,8,12H2,1H3,(H,13,16). The summed E-state index contributed by atoms with van der Waals surface area (Å²) in [4.78, 5) is 13.5. The number of furan rings is 1. The molecule has 96 valence electrons. The van der Waals surface area contributed by atoms with Crippen molar-refractivity contribution in [2.75, 3.05) is 19.7 Å². The van der Waals surface area contributed by atoms with Crippen LogP contribution >= 0.6 is 0 Å². The molecule has 17 heavy (non-hydrogen) atoms. The number of nitrogen functional groups attached to an aromatic ring is 1. The fraction of sp³-hybridized carbons (Fsp3) is 0.545. The molecule has 0 saturated heterocycles. The van der Waals surface area contributed by atoms with E-state index in [0.29, 0.717) is 24.3 Å². The number of nitrogens with two attached hydrogens (primary N) is 1. The molecule has 1 aromatic heterocycles. The molecule has 0 aliphatic carbocycles. The van der Waals surface area contributed by atoms with Gasteiger partial charge < -0.3 is 9.52 Å². The Bertz CT molecular complexity index is 351. The maximum Gasteiger partial charge on any atom is 0.268 e. The summed E-state index contributed by atoms with van der Waals surface area (Å²) in [5.41, 5.74) is 2.54. The predicted octanol–water partition coefficient (Wildman–Crippen LogP) is 0.0874. The van der Waals surface area contributed by atoms with Crippen LogP contribution in [0.2, 0.25) is 0 Å². The number of aliphatic hydroxyl groups excluding tert-OH is 1. The molecule has 1 aromatic rings. The number of hydrogen-bond acceptors (Lipinski definition) is 5. The van der Waals surface area contributed by atoms with Gasteiger partial charge in [0.05, 0.1) is 18.4 Å². The molecule has 1 amide bonds. The van der Waals surface area contributed by atoms with Crippen molar-refractivity contribution in [3.63, 3.8) is 0 Å². The Hall–Kier alpha value is -1.37. The number of carbonyl (C=O) groups excluding carboxylic acids is 1. The minimum absolute atomic E-state index is 0.158. The quantitative estimate of drug-likeness (QED) is 0.357. The van der Waals surface area contributed by atoms with Crippen LogP contribution in [-0.4, -0.2) is 35.6 Å². The largest absolute Gasteiger partial charge is 0.467 e. The van der Waals surface area contributed by atoms with Crippen molar-refractivity contribution in [2.45, 2.75) is 19.9 Å². The number of hydrogen-bond donors (Lipinski definition) is 3. The van der Waals surface area contributed by atoms with Gasteiger partial charge in [-0.1, -0.05) is 6.92 Å². The molecule has 0 atom stereocenters. The van der Waals surface area contributed by atoms with Gasteiger partial charge in [-0.05, 0) is 19.0 Å². The molecule has 0 radical (unpaired) electrons. The Kier molecular flexibility index (Phi) is 5.68. The summed E-state index contributed by atoms with van der Waals surface area (Å²) in [6, 6.07) is 1.59. The van der Waals surface area contributed by atoms with Crippen molar-refractivity contribution < 1.29 is 14.3 Å². The third-order valence-electron chi connectivity index (χ3n) is 2.57. The molecule has 0 aliphatic heterocycles. The lowest BCUT2D eigenvalue weighted by molar-refractivity contribution is 0.0949. The van der Waals surface area contributed by atoms with Gasteiger partial charge in [-0.25, -0.2) is 5.84 Å². The predicted molar refractivity (Wildman–Crippen MR) is 63.0 cm³/mol. The zero-order chi connectivity index (χ0) is 12.7. The second-order valence-electron chi connectivity index (χ2n) is 3.68. The minimum atomic E-state index is -0.355. The molecule has 1 rings (SSSR count). The van der Waals surface area contributed by atoms with E-state index in [1.807, 2.05) is 6.92 Å². The zero-order valence-electron chi connectivity index (χ0n) is 9.98. The van der Waals surface area contributed by atoms with Crippen LogP contribution in [0.3, 0.4) is 0 Å². The van der Waals surface area contributed by atoms with E-state index >= 15 is 0 Å². The molecule has 0 fully saturated rings. The van der Waals surface area contributed by atoms with Crippen molar-refractivity contribution in [3.05, 3.63) is 23.7 Å². The normalized spacial score (nSPS) is 10.8. The number of carbonyl (C=O) groups is 1. The van der Waals surface area contributed by atoms with E-state index in [9.17, 15) is 4.79 Å². The van der Waals surface area contributed by atoms with E-state index in [4.69, 9.17) is 15.4 Å². The average molecular weight is 241 g/mol. The lowest BCUT2D eigenvalue weighted by Gasteiger charge is -2.18. The number of rotatable bonds is 7. The molecule has 6 heteroatoms. The smallest absolute Gasteiger partial charge is 0.268 e. The first-order chi connectivity index (χ1) is 8.22. The SMILES string of the molecule is CCN(CCCO)Cc1occc1C(=O)NN. The molecule has 0 aromatic carbocycles. The van der Waals surface area contributed by atoms with Crippen LogP contribution in [0, 0.1) is 0 Å². The highest BCUT2D eigenvalue weighted by Gasteiger charge is 2.15. The van der Waals surface area contributed by atoms with Crippen molar-refractivity contribution in [2.24, 2.45) is 5.84 Å². The molecular weight excluding hydrogens is 222 g/mol. The molecule has 0 saturated carbocycles. The van der Waals surface area contributed by atoms with E-state index in [0.717, 1.165) is 13.1 Å². The Labute approximate surface area is 100 Å². The van der Waals surface area contributed by atoms with Crippen LogP contribution in [0.4, 0.5) is 0 Å². The van der Waals surface area contributed by atoms with Gasteiger partial charge in [0.25, 0.3) is 5.91 Å². The minimum Gasteiger partial charge on any atom is -0.467 e. The fourth-order valence-corrected chi connectivity index (χ4v) is 1.59. The fourth-order valence-electron chi connectivity index (χ4n) is 1.59. The monoisotopic (exact) mass is 241 g/mol. The van der Waals surface area contributed by atoms with Gasteiger partial charge in [-0.15, -0.1) is 0 Å². The van der Waals surface area contributed by atoms with Gasteiger partial charge in [0.15, 0.2) is 0 Å². The van der Waals surface area contributed by atoms with Crippen LogP contribution in [0.5, 0.6) is 0 Å². The lowest BCUT2D eigenvalue weighted by Crippen LogP contribution is -2.31. The van der Waals surface area contributed by atoms with E-state index in [1.165, 1.54) is 6.26 Å². The molecule has 0 bridgehead atoms. The Morgan fingerprint density at radius 1 is 1.65 bits per heavy atom. The molecule has 1 heterocycles. The summed E-state index contributed by atoms with van der Waals surface area (Å²) in [6.45, 7) is 4.29. The number of amides is 1. The van der Waals surface area contributed by atoms with E-state index in [1.54, 1.807) is 6.07 Å². The summed E-state index contributed by atoms with van der Waals surface area (Å²) in [7, 11) is 0. The van der Waals surface area contributed by atoms with Crippen molar-refractivity contribution in [1.29, 1.82) is 0 Å². The van der Waals surface area contributed by atoms with Crippen molar-refractivity contribution in [1.82, 2.24) is 10.3 Å². The maximum atomic E-state index is 11.4. The van der Waals surface area contributed by atoms with Gasteiger partial charge in [0.2, 0.25) is 0 Å². The summed E-state index contributed by atoms with van der Waals surface area (Å²) in [5, 5.41) is 8.79. The first-order valence-electron chi connectivity index (χ1n) is 5.63. The van der Waals surface area contributed by atoms with E-state index in [2.05, 4.69) is 10.3 Å². The first-order valence-corrected chi connectivity index (χ1v) is 5.63.